The van der Waals surface area contributed by atoms with Gasteiger partial charge in [0.15, 0.2) is 11.5 Å². The van der Waals surface area contributed by atoms with Crippen LogP contribution in [0.15, 0.2) is 30.3 Å². The summed E-state index contributed by atoms with van der Waals surface area (Å²) in [4.78, 5) is 0. The third-order valence-corrected chi connectivity index (χ3v) is 2.33. The minimum Gasteiger partial charge on any atom is -0.497 e. The highest BCUT2D eigenvalue weighted by Crippen LogP contribution is 2.28. The Bertz CT molecular complexity index is 599. The number of hydrogen-bond donors (Lipinski definition) is 1. The molecule has 0 spiro atoms. The molecule has 2 aromatic rings. The number of anilines is 2. The predicted octanol–water partition coefficient (Wildman–Crippen LogP) is 3.39. The molecule has 0 aliphatic carbocycles. The summed E-state index contributed by atoms with van der Waals surface area (Å²) in [5.74, 6) is -0.218. The van der Waals surface area contributed by atoms with E-state index in [-0.39, 0.29) is 17.3 Å². The van der Waals surface area contributed by atoms with E-state index in [0.29, 0.717) is 0 Å². The van der Waals surface area contributed by atoms with E-state index in [2.05, 4.69) is 15.5 Å². The zero-order valence-corrected chi connectivity index (χ0v) is 10.2. The van der Waals surface area contributed by atoms with Crippen molar-refractivity contribution < 1.29 is 22.3 Å². The van der Waals surface area contributed by atoms with Gasteiger partial charge in [-0.1, -0.05) is 0 Å². The van der Waals surface area contributed by atoms with Crippen molar-refractivity contribution in [3.63, 3.8) is 0 Å². The standard InChI is InChI=1S/C12H9F4N3O/c1-20-9-5-7(13)4-8(6-9)17-11-3-2-10(18-19-11)12(14,15)16/h2-6H,1H3,(H,17,19). The van der Waals surface area contributed by atoms with Gasteiger partial charge in [-0.15, -0.1) is 10.2 Å². The fourth-order valence-corrected chi connectivity index (χ4v) is 1.45. The quantitative estimate of drug-likeness (QED) is 0.879. The lowest BCUT2D eigenvalue weighted by atomic mass is 10.3. The Hall–Kier alpha value is -2.38. The smallest absolute Gasteiger partial charge is 0.435 e. The number of hydrogen-bond acceptors (Lipinski definition) is 4. The maximum absolute atomic E-state index is 13.2. The van der Waals surface area contributed by atoms with E-state index in [9.17, 15) is 17.6 Å². The zero-order chi connectivity index (χ0) is 14.8. The molecule has 0 fully saturated rings. The first-order chi connectivity index (χ1) is 9.38. The van der Waals surface area contributed by atoms with Crippen molar-refractivity contribution in [2.24, 2.45) is 0 Å². The lowest BCUT2D eigenvalue weighted by molar-refractivity contribution is -0.141. The minimum atomic E-state index is -4.55. The summed E-state index contributed by atoms with van der Waals surface area (Å²) in [6, 6.07) is 5.69. The fraction of sp³-hybridized carbons (Fsp3) is 0.167. The van der Waals surface area contributed by atoms with Crippen LogP contribution in [0.25, 0.3) is 0 Å². The van der Waals surface area contributed by atoms with E-state index in [4.69, 9.17) is 4.74 Å². The molecule has 0 aliphatic rings. The van der Waals surface area contributed by atoms with Crippen molar-refractivity contribution in [1.29, 1.82) is 0 Å². The third-order valence-electron chi connectivity index (χ3n) is 2.33. The number of benzene rings is 1. The Kier molecular flexibility index (Phi) is 3.73. The molecule has 106 valence electrons. The van der Waals surface area contributed by atoms with E-state index in [1.807, 2.05) is 0 Å². The molecular formula is C12H9F4N3O. The van der Waals surface area contributed by atoms with Gasteiger partial charge in [0, 0.05) is 17.8 Å². The van der Waals surface area contributed by atoms with E-state index in [0.717, 1.165) is 18.2 Å². The molecule has 1 aromatic heterocycles. The average Bonchev–Trinajstić information content (AvgIpc) is 2.37. The van der Waals surface area contributed by atoms with Crippen LogP contribution < -0.4 is 10.1 Å². The van der Waals surface area contributed by atoms with Gasteiger partial charge in [-0.2, -0.15) is 13.2 Å². The van der Waals surface area contributed by atoms with Crippen LogP contribution in [-0.2, 0) is 6.18 Å². The molecule has 1 N–H and O–H groups in total. The van der Waals surface area contributed by atoms with Crippen molar-refractivity contribution in [1.82, 2.24) is 10.2 Å². The predicted molar refractivity (Wildman–Crippen MR) is 63.3 cm³/mol. The normalized spacial score (nSPS) is 11.2. The van der Waals surface area contributed by atoms with Crippen LogP contribution in [-0.4, -0.2) is 17.3 Å². The molecule has 0 radical (unpaired) electrons. The molecule has 0 unspecified atom stereocenters. The number of aromatic nitrogens is 2. The summed E-state index contributed by atoms with van der Waals surface area (Å²) >= 11 is 0. The molecule has 0 bridgehead atoms. The van der Waals surface area contributed by atoms with E-state index in [1.165, 1.54) is 19.2 Å². The monoisotopic (exact) mass is 287 g/mol. The first-order valence-corrected chi connectivity index (χ1v) is 5.41. The number of methoxy groups -OCH3 is 1. The van der Waals surface area contributed by atoms with Crippen molar-refractivity contribution in [2.45, 2.75) is 6.18 Å². The number of halogens is 4. The lowest BCUT2D eigenvalue weighted by Crippen LogP contribution is -2.09. The first-order valence-electron chi connectivity index (χ1n) is 5.41. The van der Waals surface area contributed by atoms with E-state index in [1.54, 1.807) is 0 Å². The van der Waals surface area contributed by atoms with Gasteiger partial charge in [-0.05, 0) is 18.2 Å². The second-order valence-electron chi connectivity index (χ2n) is 3.81. The van der Waals surface area contributed by atoms with E-state index >= 15 is 0 Å². The molecule has 0 atom stereocenters. The first kappa shape index (κ1) is 14.0. The van der Waals surface area contributed by atoms with Gasteiger partial charge in [-0.25, -0.2) is 4.39 Å². The SMILES string of the molecule is COc1cc(F)cc(Nc2ccc(C(F)(F)F)nn2)c1. The van der Waals surface area contributed by atoms with Crippen molar-refractivity contribution >= 4 is 11.5 Å². The maximum atomic E-state index is 13.2. The van der Waals surface area contributed by atoms with Gasteiger partial charge in [0.2, 0.25) is 0 Å². The molecule has 4 nitrogen and oxygen atoms in total. The Balaban J connectivity index is 2.20. The summed E-state index contributed by atoms with van der Waals surface area (Å²) in [6.07, 6.45) is -4.55. The van der Waals surface area contributed by atoms with Crippen LogP contribution in [0.1, 0.15) is 5.69 Å². The highest BCUT2D eigenvalue weighted by molar-refractivity contribution is 5.58. The summed E-state index contributed by atoms with van der Waals surface area (Å²) in [5.41, 5.74) is -0.809. The number of nitrogens with one attached hydrogen (secondary N) is 1. The third kappa shape index (κ3) is 3.34. The Morgan fingerprint density at radius 3 is 2.40 bits per heavy atom. The Morgan fingerprint density at radius 1 is 1.10 bits per heavy atom. The summed E-state index contributed by atoms with van der Waals surface area (Å²) < 4.78 is 55.0. The topological polar surface area (TPSA) is 47.0 Å². The number of alkyl halides is 3. The van der Waals surface area contributed by atoms with Gasteiger partial charge in [0.1, 0.15) is 11.6 Å². The van der Waals surface area contributed by atoms with Gasteiger partial charge < -0.3 is 10.1 Å². The van der Waals surface area contributed by atoms with Crippen LogP contribution >= 0.6 is 0 Å². The van der Waals surface area contributed by atoms with Crippen LogP contribution in [0.5, 0.6) is 5.75 Å². The summed E-state index contributed by atoms with van der Waals surface area (Å²) in [7, 11) is 1.37. The number of ether oxygens (including phenoxy) is 1. The van der Waals surface area contributed by atoms with Gasteiger partial charge in [0.25, 0.3) is 0 Å². The molecule has 0 amide bonds. The van der Waals surface area contributed by atoms with Crippen LogP contribution in [0.3, 0.4) is 0 Å². The highest BCUT2D eigenvalue weighted by Gasteiger charge is 2.32. The second-order valence-corrected chi connectivity index (χ2v) is 3.81. The molecule has 1 heterocycles. The summed E-state index contributed by atoms with van der Waals surface area (Å²) in [5, 5.41) is 9.07. The molecule has 1 aromatic carbocycles. The van der Waals surface area contributed by atoms with Crippen LogP contribution in [0.4, 0.5) is 29.1 Å². The molecule has 20 heavy (non-hydrogen) atoms. The number of rotatable bonds is 3. The van der Waals surface area contributed by atoms with Gasteiger partial charge >= 0.3 is 6.18 Å². The molecule has 8 heteroatoms. The largest absolute Gasteiger partial charge is 0.497 e. The average molecular weight is 287 g/mol. The second kappa shape index (κ2) is 5.32. The van der Waals surface area contributed by atoms with Crippen LogP contribution in [0.2, 0.25) is 0 Å². The van der Waals surface area contributed by atoms with Crippen molar-refractivity contribution in [3.05, 3.63) is 41.8 Å². The van der Waals surface area contributed by atoms with Gasteiger partial charge in [-0.3, -0.25) is 0 Å². The molecule has 0 aliphatic heterocycles. The van der Waals surface area contributed by atoms with Crippen LogP contribution in [0, 0.1) is 5.82 Å². The Labute approximate surface area is 111 Å². The highest BCUT2D eigenvalue weighted by atomic mass is 19.4. The zero-order valence-electron chi connectivity index (χ0n) is 10.2. The maximum Gasteiger partial charge on any atom is 0.435 e. The fourth-order valence-electron chi connectivity index (χ4n) is 1.45. The van der Waals surface area contributed by atoms with Crippen molar-refractivity contribution in [2.75, 3.05) is 12.4 Å². The molecule has 2 rings (SSSR count). The van der Waals surface area contributed by atoms with Gasteiger partial charge in [0.05, 0.1) is 7.11 Å². The van der Waals surface area contributed by atoms with E-state index < -0.39 is 17.7 Å². The molecular weight excluding hydrogens is 278 g/mol. The van der Waals surface area contributed by atoms with Crippen molar-refractivity contribution in [3.8, 4) is 5.75 Å². The lowest BCUT2D eigenvalue weighted by Gasteiger charge is -2.08. The molecule has 0 saturated carbocycles. The summed E-state index contributed by atoms with van der Waals surface area (Å²) in [6.45, 7) is 0. The molecule has 0 saturated heterocycles. The number of nitrogens with zero attached hydrogens (tertiary/aromatic N) is 2. The minimum absolute atomic E-state index is 0.0608. The Morgan fingerprint density at radius 2 is 1.85 bits per heavy atom.